The number of hydrogen-bond donors (Lipinski definition) is 2. The number of nitrogens with two attached hydrogens (primary N) is 1. The zero-order valence-electron chi connectivity index (χ0n) is 11.9. The lowest BCUT2D eigenvalue weighted by atomic mass is 9.86. The minimum absolute atomic E-state index is 0.212. The van der Waals surface area contributed by atoms with Gasteiger partial charge in [0.2, 0.25) is 11.9 Å². The predicted octanol–water partition coefficient (Wildman–Crippen LogP) is 1.18. The zero-order valence-corrected chi connectivity index (χ0v) is 11.9. The van der Waals surface area contributed by atoms with Gasteiger partial charge in [0.1, 0.15) is 17.2 Å². The van der Waals surface area contributed by atoms with Crippen molar-refractivity contribution in [1.82, 2.24) is 15.0 Å². The van der Waals surface area contributed by atoms with Crippen molar-refractivity contribution in [2.24, 2.45) is 0 Å². The van der Waals surface area contributed by atoms with Crippen molar-refractivity contribution in [1.29, 1.82) is 0 Å². The summed E-state index contributed by atoms with van der Waals surface area (Å²) in [6.07, 6.45) is 2.17. The van der Waals surface area contributed by atoms with Crippen LogP contribution in [0.15, 0.2) is 24.3 Å². The minimum Gasteiger partial charge on any atom is -0.381 e. The van der Waals surface area contributed by atoms with Crippen LogP contribution in [0.25, 0.3) is 0 Å². The SMILES string of the molecule is Nc1nc(C2CC2)nc(N2CC(O)(c3ccc(F)cc3)C2)n1. The summed E-state index contributed by atoms with van der Waals surface area (Å²) in [5.41, 5.74) is 5.43. The van der Waals surface area contributed by atoms with Gasteiger partial charge < -0.3 is 15.7 Å². The van der Waals surface area contributed by atoms with Crippen LogP contribution in [0.3, 0.4) is 0 Å². The molecule has 6 nitrogen and oxygen atoms in total. The summed E-state index contributed by atoms with van der Waals surface area (Å²) in [4.78, 5) is 14.6. The van der Waals surface area contributed by atoms with E-state index in [-0.39, 0.29) is 11.8 Å². The van der Waals surface area contributed by atoms with Crippen LogP contribution in [0.4, 0.5) is 16.3 Å². The summed E-state index contributed by atoms with van der Waals surface area (Å²) in [5, 5.41) is 10.6. The zero-order chi connectivity index (χ0) is 15.3. The van der Waals surface area contributed by atoms with Gasteiger partial charge in [-0.05, 0) is 30.5 Å². The third kappa shape index (κ3) is 2.27. The van der Waals surface area contributed by atoms with Gasteiger partial charge in [0.15, 0.2) is 0 Å². The van der Waals surface area contributed by atoms with Crippen molar-refractivity contribution in [3.8, 4) is 0 Å². The fourth-order valence-electron chi connectivity index (χ4n) is 2.73. The van der Waals surface area contributed by atoms with Crippen LogP contribution >= 0.6 is 0 Å². The van der Waals surface area contributed by atoms with E-state index in [9.17, 15) is 9.50 Å². The molecule has 3 N–H and O–H groups in total. The fraction of sp³-hybridized carbons (Fsp3) is 0.400. The maximum absolute atomic E-state index is 13.0. The molecular weight excluding hydrogens is 285 g/mol. The fourth-order valence-corrected chi connectivity index (χ4v) is 2.73. The largest absolute Gasteiger partial charge is 0.381 e. The number of hydrogen-bond acceptors (Lipinski definition) is 6. The standard InChI is InChI=1S/C15H16FN5O/c16-11-5-3-10(4-6-11)15(22)7-21(8-15)14-19-12(9-1-2-9)18-13(17)20-14/h3-6,9,22H,1-2,7-8H2,(H2,17,18,19,20). The van der Waals surface area contributed by atoms with Crippen LogP contribution in [0.5, 0.6) is 0 Å². The molecule has 2 fully saturated rings. The second-order valence-electron chi connectivity index (χ2n) is 6.02. The van der Waals surface area contributed by atoms with Crippen molar-refractivity contribution >= 4 is 11.9 Å². The van der Waals surface area contributed by atoms with Gasteiger partial charge in [-0.15, -0.1) is 0 Å². The highest BCUT2D eigenvalue weighted by atomic mass is 19.1. The molecule has 0 atom stereocenters. The third-order valence-electron chi connectivity index (χ3n) is 4.17. The third-order valence-corrected chi connectivity index (χ3v) is 4.17. The number of halogens is 1. The molecule has 1 saturated heterocycles. The number of aromatic nitrogens is 3. The summed E-state index contributed by atoms with van der Waals surface area (Å²) in [6, 6.07) is 5.90. The Balaban J connectivity index is 1.54. The van der Waals surface area contributed by atoms with E-state index in [1.54, 1.807) is 12.1 Å². The van der Waals surface area contributed by atoms with Crippen LogP contribution in [0.2, 0.25) is 0 Å². The predicted molar refractivity (Wildman–Crippen MR) is 78.7 cm³/mol. The van der Waals surface area contributed by atoms with E-state index < -0.39 is 5.60 Å². The van der Waals surface area contributed by atoms with E-state index in [0.29, 0.717) is 30.5 Å². The molecule has 2 aromatic rings. The Morgan fingerprint density at radius 3 is 2.45 bits per heavy atom. The van der Waals surface area contributed by atoms with Gasteiger partial charge in [0, 0.05) is 5.92 Å². The summed E-state index contributed by atoms with van der Waals surface area (Å²) in [7, 11) is 0. The number of rotatable bonds is 3. The first kappa shape index (κ1) is 13.4. The molecule has 1 aliphatic heterocycles. The highest BCUT2D eigenvalue weighted by Crippen LogP contribution is 2.39. The van der Waals surface area contributed by atoms with Gasteiger partial charge >= 0.3 is 0 Å². The second kappa shape index (κ2) is 4.61. The summed E-state index contributed by atoms with van der Waals surface area (Å²) < 4.78 is 13.0. The first-order valence-electron chi connectivity index (χ1n) is 7.28. The Labute approximate surface area is 126 Å². The van der Waals surface area contributed by atoms with Crippen LogP contribution in [-0.4, -0.2) is 33.1 Å². The summed E-state index contributed by atoms with van der Waals surface area (Å²) in [5.74, 6) is 1.52. The number of nitrogens with zero attached hydrogens (tertiary/aromatic N) is 4. The van der Waals surface area contributed by atoms with E-state index >= 15 is 0 Å². The number of anilines is 2. The molecule has 1 aliphatic carbocycles. The summed E-state index contributed by atoms with van der Waals surface area (Å²) in [6.45, 7) is 0.707. The maximum Gasteiger partial charge on any atom is 0.230 e. The molecule has 0 spiro atoms. The van der Waals surface area contributed by atoms with Crippen LogP contribution in [0.1, 0.15) is 30.1 Å². The van der Waals surface area contributed by atoms with Gasteiger partial charge in [0.05, 0.1) is 13.1 Å². The van der Waals surface area contributed by atoms with E-state index in [0.717, 1.165) is 18.7 Å². The topological polar surface area (TPSA) is 88.2 Å². The maximum atomic E-state index is 13.0. The molecule has 0 radical (unpaired) electrons. The minimum atomic E-state index is -1.01. The van der Waals surface area contributed by atoms with Gasteiger partial charge in [0.25, 0.3) is 0 Å². The average molecular weight is 301 g/mol. The molecule has 7 heteroatoms. The number of nitrogen functional groups attached to an aromatic ring is 1. The molecule has 1 aromatic carbocycles. The van der Waals surface area contributed by atoms with Crippen molar-refractivity contribution in [3.05, 3.63) is 41.5 Å². The molecule has 2 heterocycles. The number of β-amino-alcohol motifs (C(OH)–C–C–N with tert-alkyl or cyclic N) is 1. The van der Waals surface area contributed by atoms with E-state index in [1.165, 1.54) is 12.1 Å². The highest BCUT2D eigenvalue weighted by molar-refractivity contribution is 5.44. The van der Waals surface area contributed by atoms with Gasteiger partial charge in [-0.2, -0.15) is 15.0 Å². The monoisotopic (exact) mass is 301 g/mol. The van der Waals surface area contributed by atoms with E-state index in [4.69, 9.17) is 5.73 Å². The second-order valence-corrected chi connectivity index (χ2v) is 6.02. The molecule has 0 unspecified atom stereocenters. The van der Waals surface area contributed by atoms with Crippen molar-refractivity contribution in [3.63, 3.8) is 0 Å². The molecular formula is C15H16FN5O. The Kier molecular flexibility index (Phi) is 2.80. The molecule has 4 rings (SSSR count). The quantitative estimate of drug-likeness (QED) is 0.885. The van der Waals surface area contributed by atoms with Gasteiger partial charge in [-0.1, -0.05) is 12.1 Å². The molecule has 1 saturated carbocycles. The number of aliphatic hydroxyl groups is 1. The molecule has 1 aromatic heterocycles. The lowest BCUT2D eigenvalue weighted by Gasteiger charge is -2.46. The molecule has 2 aliphatic rings. The number of benzene rings is 1. The lowest BCUT2D eigenvalue weighted by molar-refractivity contribution is 0.00645. The van der Waals surface area contributed by atoms with Crippen LogP contribution in [-0.2, 0) is 5.60 Å². The average Bonchev–Trinajstić information content (AvgIpc) is 3.28. The Hall–Kier alpha value is -2.28. The Bertz CT molecular complexity index is 710. The van der Waals surface area contributed by atoms with Crippen molar-refractivity contribution in [2.45, 2.75) is 24.4 Å². The Morgan fingerprint density at radius 2 is 1.82 bits per heavy atom. The first-order valence-corrected chi connectivity index (χ1v) is 7.28. The van der Waals surface area contributed by atoms with Gasteiger partial charge in [-0.3, -0.25) is 0 Å². The normalized spacial score (nSPS) is 19.8. The highest BCUT2D eigenvalue weighted by Gasteiger charge is 2.44. The molecule has 114 valence electrons. The first-order chi connectivity index (χ1) is 10.5. The van der Waals surface area contributed by atoms with Gasteiger partial charge in [-0.25, -0.2) is 4.39 Å². The summed E-state index contributed by atoms with van der Waals surface area (Å²) >= 11 is 0. The van der Waals surface area contributed by atoms with E-state index in [1.807, 2.05) is 4.90 Å². The molecule has 22 heavy (non-hydrogen) atoms. The van der Waals surface area contributed by atoms with Crippen molar-refractivity contribution in [2.75, 3.05) is 23.7 Å². The molecule has 0 bridgehead atoms. The molecule has 0 amide bonds. The lowest BCUT2D eigenvalue weighted by Crippen LogP contribution is -2.60. The van der Waals surface area contributed by atoms with Crippen molar-refractivity contribution < 1.29 is 9.50 Å². The van der Waals surface area contributed by atoms with Crippen LogP contribution in [0, 0.1) is 5.82 Å². The Morgan fingerprint density at radius 1 is 1.14 bits per heavy atom. The van der Waals surface area contributed by atoms with E-state index in [2.05, 4.69) is 15.0 Å². The smallest absolute Gasteiger partial charge is 0.230 e. The van der Waals surface area contributed by atoms with Crippen LogP contribution < -0.4 is 10.6 Å².